The molecule has 12 nitrogen and oxygen atoms in total. The number of benzene rings is 2. The average molecular weight is 730 g/mol. The molecule has 50 heavy (non-hydrogen) atoms. The predicted octanol–water partition coefficient (Wildman–Crippen LogP) is 4.43. The number of nitrogens with zero attached hydrogens (tertiary/aromatic N) is 2. The number of amides is 2. The minimum atomic E-state index is -4.27. The van der Waals surface area contributed by atoms with Gasteiger partial charge in [0.25, 0.3) is 15.9 Å². The Morgan fingerprint density at radius 2 is 1.94 bits per heavy atom. The molecule has 5 aliphatic rings. The van der Waals surface area contributed by atoms with Gasteiger partial charge in [0.2, 0.25) is 0 Å². The van der Waals surface area contributed by atoms with Gasteiger partial charge in [0, 0.05) is 31.1 Å². The summed E-state index contributed by atoms with van der Waals surface area (Å²) in [4.78, 5) is 30.4. The van der Waals surface area contributed by atoms with Gasteiger partial charge in [-0.3, -0.25) is 4.79 Å². The van der Waals surface area contributed by atoms with Gasteiger partial charge in [-0.1, -0.05) is 23.7 Å². The number of hydrogen-bond acceptors (Lipinski definition) is 10. The molecule has 270 valence electrons. The fourth-order valence-corrected chi connectivity index (χ4v) is 8.84. The number of carbonyl (C=O) groups excluding carboxylic acids is 2. The van der Waals surface area contributed by atoms with Crippen LogP contribution in [0.3, 0.4) is 0 Å². The molecule has 2 bridgehead atoms. The number of hydrogen-bond donors (Lipinski definition) is 1. The van der Waals surface area contributed by atoms with Crippen LogP contribution in [0.25, 0.3) is 0 Å². The fourth-order valence-electron chi connectivity index (χ4n) is 7.53. The van der Waals surface area contributed by atoms with Crippen molar-refractivity contribution in [2.24, 2.45) is 11.8 Å². The third-order valence-electron chi connectivity index (χ3n) is 10.8. The van der Waals surface area contributed by atoms with E-state index in [1.807, 2.05) is 24.3 Å². The van der Waals surface area contributed by atoms with E-state index < -0.39 is 39.3 Å². The number of anilines is 1. The molecule has 2 fully saturated rings. The lowest BCUT2D eigenvalue weighted by Crippen LogP contribution is -2.51. The van der Waals surface area contributed by atoms with Crippen molar-refractivity contribution in [3.05, 3.63) is 64.7 Å². The minimum Gasteiger partial charge on any atom is -0.488 e. The molecule has 14 heteroatoms. The van der Waals surface area contributed by atoms with Crippen molar-refractivity contribution in [2.75, 3.05) is 58.1 Å². The summed E-state index contributed by atoms with van der Waals surface area (Å²) in [6.07, 6.45) is 5.73. The lowest BCUT2D eigenvalue weighted by atomic mass is 9.70. The first kappa shape index (κ1) is 35.1. The molecule has 1 spiro atoms. The molecule has 1 N–H and O–H groups in total. The first-order chi connectivity index (χ1) is 23.8. The Morgan fingerprint density at radius 1 is 1.10 bits per heavy atom. The highest BCUT2D eigenvalue weighted by Gasteiger charge is 2.46. The van der Waals surface area contributed by atoms with E-state index >= 15 is 0 Å². The summed E-state index contributed by atoms with van der Waals surface area (Å²) >= 11 is 6.40. The summed E-state index contributed by atoms with van der Waals surface area (Å²) in [6.45, 7) is 5.65. The summed E-state index contributed by atoms with van der Waals surface area (Å²) in [7, 11) is -2.54. The van der Waals surface area contributed by atoms with E-state index in [2.05, 4.69) is 9.62 Å². The summed E-state index contributed by atoms with van der Waals surface area (Å²) in [5, 5.41) is 0.645. The Balaban J connectivity index is 1.27. The van der Waals surface area contributed by atoms with Crippen LogP contribution in [-0.4, -0.2) is 96.2 Å². The minimum absolute atomic E-state index is 0.00377. The third kappa shape index (κ3) is 6.82. The van der Waals surface area contributed by atoms with Gasteiger partial charge in [-0.2, -0.15) is 0 Å². The van der Waals surface area contributed by atoms with Gasteiger partial charge < -0.3 is 33.5 Å². The van der Waals surface area contributed by atoms with Gasteiger partial charge >= 0.3 is 6.09 Å². The maximum Gasteiger partial charge on any atom is 0.410 e. The summed E-state index contributed by atoms with van der Waals surface area (Å²) < 4.78 is 60.0. The molecule has 0 unspecified atom stereocenters. The van der Waals surface area contributed by atoms with E-state index in [1.165, 1.54) is 19.9 Å². The molecule has 0 aromatic heterocycles. The number of sulfonamides is 1. The van der Waals surface area contributed by atoms with E-state index in [1.54, 1.807) is 30.2 Å². The highest BCUT2D eigenvalue weighted by Crippen LogP contribution is 2.46. The van der Waals surface area contributed by atoms with Crippen molar-refractivity contribution < 1.29 is 41.7 Å². The maximum absolute atomic E-state index is 13.6. The molecule has 2 amide bonds. The Labute approximate surface area is 298 Å². The fraction of sp³-hybridized carbons (Fsp3) is 0.556. The monoisotopic (exact) mass is 729 g/mol. The van der Waals surface area contributed by atoms with E-state index in [0.29, 0.717) is 55.8 Å². The highest BCUT2D eigenvalue weighted by atomic mass is 35.5. The zero-order chi connectivity index (χ0) is 35.3. The van der Waals surface area contributed by atoms with Crippen LogP contribution in [0.5, 0.6) is 5.75 Å². The topological polar surface area (TPSA) is 133 Å². The van der Waals surface area contributed by atoms with Crippen LogP contribution in [0, 0.1) is 11.8 Å². The molecule has 7 rings (SSSR count). The molecular formula is C36H44ClN3O9S. The zero-order valence-corrected chi connectivity index (χ0v) is 30.1. The summed E-state index contributed by atoms with van der Waals surface area (Å²) in [6, 6.07) is 10.4. The Hall–Kier alpha value is -3.36. The smallest absolute Gasteiger partial charge is 0.410 e. The molecule has 0 radical (unpaired) electrons. The lowest BCUT2D eigenvalue weighted by molar-refractivity contribution is -0.139. The Kier molecular flexibility index (Phi) is 9.57. The van der Waals surface area contributed by atoms with Gasteiger partial charge in [-0.15, -0.1) is 0 Å². The largest absolute Gasteiger partial charge is 0.488 e. The zero-order valence-electron chi connectivity index (χ0n) is 28.6. The Morgan fingerprint density at radius 3 is 2.70 bits per heavy atom. The lowest BCUT2D eigenvalue weighted by Gasteiger charge is -2.45. The van der Waals surface area contributed by atoms with Crippen LogP contribution in [0.1, 0.15) is 44.2 Å². The molecule has 5 atom stereocenters. The van der Waals surface area contributed by atoms with Crippen LogP contribution in [-0.2, 0) is 45.8 Å². The highest BCUT2D eigenvalue weighted by molar-refractivity contribution is 7.90. The number of carbonyl (C=O) groups is 2. The number of rotatable bonds is 2. The van der Waals surface area contributed by atoms with Crippen LogP contribution < -0.4 is 14.4 Å². The van der Waals surface area contributed by atoms with Crippen molar-refractivity contribution in [3.63, 3.8) is 0 Å². The summed E-state index contributed by atoms with van der Waals surface area (Å²) in [5.41, 5.74) is 0.293. The number of halogens is 1. The van der Waals surface area contributed by atoms with Gasteiger partial charge in [0.1, 0.15) is 29.7 Å². The van der Waals surface area contributed by atoms with Gasteiger partial charge in [0.15, 0.2) is 0 Å². The number of nitrogens with one attached hydrogen (secondary N) is 1. The van der Waals surface area contributed by atoms with Crippen molar-refractivity contribution in [2.45, 2.75) is 67.8 Å². The molecule has 1 saturated heterocycles. The SMILES string of the molecule is CN(C(=O)O[C@H]1/C=C/COC(C)(C)C(=O)NS(=O)(=O)c2ccc3c(c2)N(C[C@@H]2CC[C@H]21)C[C@]1(CO3)OCCc2cc(Cl)ccc21)[C@@H]1CCOC1. The predicted molar refractivity (Wildman–Crippen MR) is 185 cm³/mol. The Bertz CT molecular complexity index is 1780. The second-order valence-corrected chi connectivity index (χ2v) is 16.5. The van der Waals surface area contributed by atoms with Gasteiger partial charge in [0.05, 0.1) is 43.0 Å². The number of ether oxygens (including phenoxy) is 5. The van der Waals surface area contributed by atoms with Crippen LogP contribution in [0.15, 0.2) is 53.4 Å². The van der Waals surface area contributed by atoms with Crippen molar-refractivity contribution >= 4 is 39.3 Å². The second-order valence-electron chi connectivity index (χ2n) is 14.4. The first-order valence-corrected chi connectivity index (χ1v) is 19.1. The van der Waals surface area contributed by atoms with Crippen molar-refractivity contribution in [1.29, 1.82) is 0 Å². The summed E-state index contributed by atoms with van der Waals surface area (Å²) in [5.74, 6) is -0.255. The molecule has 2 aromatic carbocycles. The van der Waals surface area contributed by atoms with E-state index in [9.17, 15) is 18.0 Å². The van der Waals surface area contributed by atoms with Crippen LogP contribution >= 0.6 is 11.6 Å². The molecule has 1 saturated carbocycles. The first-order valence-electron chi connectivity index (χ1n) is 17.2. The molecule has 4 heterocycles. The van der Waals surface area contributed by atoms with Gasteiger partial charge in [-0.25, -0.2) is 17.9 Å². The second kappa shape index (κ2) is 13.6. The van der Waals surface area contributed by atoms with Crippen molar-refractivity contribution in [1.82, 2.24) is 9.62 Å². The van der Waals surface area contributed by atoms with Crippen LogP contribution in [0.2, 0.25) is 5.02 Å². The van der Waals surface area contributed by atoms with E-state index in [4.69, 9.17) is 35.3 Å². The number of likely N-dealkylation sites (N-methyl/N-ethyl adjacent to an activating group) is 1. The molecule has 4 aliphatic heterocycles. The normalized spacial score (nSPS) is 30.8. The average Bonchev–Trinajstić information content (AvgIpc) is 3.56. The molecule has 1 aliphatic carbocycles. The number of fused-ring (bicyclic) bond motifs is 4. The standard InChI is InChI=1S/C36H44ClN3O9S/c1-35(2)33(41)38-50(43,44)27-8-11-32-30(18-27)40(21-36(22-46-32)29-10-7-25(37)17-23(29)12-16-48-36)19-24-6-9-28(24)31(5-4-14-47-35)49-34(42)39(3)26-13-15-45-20-26/h4-5,7-8,10-11,17-18,24,26,28,31H,6,9,12-16,19-22H2,1-3H3,(H,38,41)/b5-4+/t24-,26+,28+,31-,36+/m0/s1. The molecular weight excluding hydrogens is 686 g/mol. The maximum atomic E-state index is 13.6. The van der Waals surface area contributed by atoms with E-state index in [-0.39, 0.29) is 36.0 Å². The van der Waals surface area contributed by atoms with E-state index in [0.717, 1.165) is 30.4 Å². The van der Waals surface area contributed by atoms with Crippen molar-refractivity contribution in [3.8, 4) is 5.75 Å². The molecule has 2 aromatic rings. The van der Waals surface area contributed by atoms with Crippen LogP contribution in [0.4, 0.5) is 10.5 Å². The van der Waals surface area contributed by atoms with Gasteiger partial charge in [-0.05, 0) is 93.0 Å². The quantitative estimate of drug-likeness (QED) is 0.443. The third-order valence-corrected chi connectivity index (χ3v) is 12.3.